The van der Waals surface area contributed by atoms with Crippen molar-refractivity contribution < 1.29 is 21.6 Å². The Hall–Kier alpha value is 0.0700. The van der Waals surface area contributed by atoms with Crippen molar-refractivity contribution in [1.82, 2.24) is 9.44 Å². The first-order chi connectivity index (χ1) is 6.77. The summed E-state index contributed by atoms with van der Waals surface area (Å²) in [6.45, 7) is 0.0717. The molecule has 0 aromatic carbocycles. The van der Waals surface area contributed by atoms with Crippen LogP contribution in [0, 0.1) is 0 Å². The average Bonchev–Trinajstić information content (AvgIpc) is 2.01. The van der Waals surface area contributed by atoms with Crippen molar-refractivity contribution in [1.29, 1.82) is 0 Å². The summed E-state index contributed by atoms with van der Waals surface area (Å²) in [5.74, 6) is -0.459. The average molecular weight is 281 g/mol. The fourth-order valence-electron chi connectivity index (χ4n) is 0.627. The molecule has 0 unspecified atom stereocenters. The van der Waals surface area contributed by atoms with E-state index in [0.29, 0.717) is 0 Å². The maximum Gasteiger partial charge on any atom is 0.277 e. The molecule has 0 saturated carbocycles. The molecule has 0 aromatic heterocycles. The molecule has 0 saturated heterocycles. The molecule has 0 aliphatic rings. The van der Waals surface area contributed by atoms with Crippen molar-refractivity contribution in [3.63, 3.8) is 0 Å². The molecule has 0 aromatic rings. The number of rotatable bonds is 8. The van der Waals surface area contributed by atoms with E-state index in [1.807, 2.05) is 4.72 Å². The lowest BCUT2D eigenvalue weighted by Gasteiger charge is -2.06. The van der Waals surface area contributed by atoms with E-state index in [9.17, 15) is 16.8 Å². The SMILES string of the molecule is COCCNS(=O)(=O)NCCS(=O)(=O)Cl. The van der Waals surface area contributed by atoms with Crippen molar-refractivity contribution in [3.8, 4) is 0 Å². The van der Waals surface area contributed by atoms with Gasteiger partial charge >= 0.3 is 0 Å². The van der Waals surface area contributed by atoms with Gasteiger partial charge in [0.1, 0.15) is 0 Å². The van der Waals surface area contributed by atoms with Gasteiger partial charge in [-0.15, -0.1) is 0 Å². The predicted molar refractivity (Wildman–Crippen MR) is 56.4 cm³/mol. The molecule has 0 fully saturated rings. The van der Waals surface area contributed by atoms with Gasteiger partial charge in [-0.1, -0.05) is 0 Å². The normalized spacial score (nSPS) is 12.9. The second kappa shape index (κ2) is 6.61. The van der Waals surface area contributed by atoms with Gasteiger partial charge in [0.15, 0.2) is 0 Å². The lowest BCUT2D eigenvalue weighted by atomic mass is 10.7. The van der Waals surface area contributed by atoms with Gasteiger partial charge in [-0.05, 0) is 0 Å². The lowest BCUT2D eigenvalue weighted by molar-refractivity contribution is 0.204. The zero-order valence-electron chi connectivity index (χ0n) is 8.06. The summed E-state index contributed by atoms with van der Waals surface area (Å²) in [6, 6.07) is 0. The Morgan fingerprint density at radius 2 is 1.67 bits per heavy atom. The third-order valence-electron chi connectivity index (χ3n) is 1.24. The molecule has 2 N–H and O–H groups in total. The maximum absolute atomic E-state index is 11.1. The van der Waals surface area contributed by atoms with E-state index in [2.05, 4.69) is 9.46 Å². The first-order valence-corrected chi connectivity index (χ1v) is 7.88. The summed E-state index contributed by atoms with van der Waals surface area (Å²) in [5.41, 5.74) is 0. The van der Waals surface area contributed by atoms with Crippen LogP contribution in [0.5, 0.6) is 0 Å². The van der Waals surface area contributed by atoms with Crippen LogP contribution in [0.1, 0.15) is 0 Å². The predicted octanol–water partition coefficient (Wildman–Crippen LogP) is -1.37. The summed E-state index contributed by atoms with van der Waals surface area (Å²) in [4.78, 5) is 0. The molecule has 15 heavy (non-hydrogen) atoms. The van der Waals surface area contributed by atoms with Gasteiger partial charge in [-0.3, -0.25) is 0 Å². The zero-order chi connectivity index (χ0) is 11.9. The number of ether oxygens (including phenoxy) is 1. The van der Waals surface area contributed by atoms with Crippen LogP contribution < -0.4 is 9.44 Å². The number of methoxy groups -OCH3 is 1. The van der Waals surface area contributed by atoms with E-state index in [0.717, 1.165) is 0 Å². The molecule has 0 aliphatic carbocycles. The highest BCUT2D eigenvalue weighted by molar-refractivity contribution is 8.13. The Morgan fingerprint density at radius 3 is 2.13 bits per heavy atom. The van der Waals surface area contributed by atoms with E-state index in [4.69, 9.17) is 10.7 Å². The van der Waals surface area contributed by atoms with Crippen molar-refractivity contribution in [2.75, 3.05) is 32.6 Å². The zero-order valence-corrected chi connectivity index (χ0v) is 10.5. The van der Waals surface area contributed by atoms with Gasteiger partial charge in [0.2, 0.25) is 9.05 Å². The van der Waals surface area contributed by atoms with Crippen LogP contribution in [-0.4, -0.2) is 49.4 Å². The van der Waals surface area contributed by atoms with E-state index in [1.54, 1.807) is 0 Å². The molecule has 0 amide bonds. The molecule has 92 valence electrons. The molecular weight excluding hydrogens is 268 g/mol. The molecule has 0 aliphatic heterocycles. The molecule has 0 radical (unpaired) electrons. The number of halogens is 1. The number of nitrogens with one attached hydrogen (secondary N) is 2. The second-order valence-corrected chi connectivity index (χ2v) is 7.01. The second-order valence-electron chi connectivity index (χ2n) is 2.53. The minimum Gasteiger partial charge on any atom is -0.383 e. The smallest absolute Gasteiger partial charge is 0.277 e. The van der Waals surface area contributed by atoms with Crippen LogP contribution in [0.15, 0.2) is 0 Å². The highest BCUT2D eigenvalue weighted by Gasteiger charge is 2.10. The van der Waals surface area contributed by atoms with Gasteiger partial charge in [0, 0.05) is 30.9 Å². The fraction of sp³-hybridized carbons (Fsp3) is 1.00. The van der Waals surface area contributed by atoms with E-state index in [1.165, 1.54) is 7.11 Å². The summed E-state index contributed by atoms with van der Waals surface area (Å²) < 4.78 is 51.9. The summed E-state index contributed by atoms with van der Waals surface area (Å²) >= 11 is 0. The molecular formula is C5H13ClN2O5S2. The van der Waals surface area contributed by atoms with Gasteiger partial charge in [0.05, 0.1) is 12.4 Å². The third-order valence-corrected chi connectivity index (χ3v) is 3.56. The van der Waals surface area contributed by atoms with Crippen molar-refractivity contribution in [3.05, 3.63) is 0 Å². The van der Waals surface area contributed by atoms with Crippen LogP contribution in [0.4, 0.5) is 0 Å². The van der Waals surface area contributed by atoms with Crippen LogP contribution in [-0.2, 0) is 24.0 Å². The van der Waals surface area contributed by atoms with Crippen LogP contribution in [0.25, 0.3) is 0 Å². The highest BCUT2D eigenvalue weighted by Crippen LogP contribution is 1.93. The first-order valence-electron chi connectivity index (χ1n) is 3.92. The third kappa shape index (κ3) is 10.4. The van der Waals surface area contributed by atoms with Crippen molar-refractivity contribution >= 4 is 29.9 Å². The molecule has 0 heterocycles. The van der Waals surface area contributed by atoms with Crippen molar-refractivity contribution in [2.45, 2.75) is 0 Å². The van der Waals surface area contributed by atoms with Gasteiger partial charge < -0.3 is 4.74 Å². The largest absolute Gasteiger partial charge is 0.383 e. The Balaban J connectivity index is 3.85. The fourth-order valence-corrected chi connectivity index (χ4v) is 2.16. The summed E-state index contributed by atoms with van der Waals surface area (Å²) in [6.07, 6.45) is 0. The molecule has 0 spiro atoms. The summed E-state index contributed by atoms with van der Waals surface area (Å²) in [7, 11) is -1.04. The minimum absolute atomic E-state index is 0.111. The van der Waals surface area contributed by atoms with E-state index >= 15 is 0 Å². The van der Waals surface area contributed by atoms with Gasteiger partial charge in [0.25, 0.3) is 10.2 Å². The van der Waals surface area contributed by atoms with Crippen LogP contribution in [0.2, 0.25) is 0 Å². The molecule has 10 heteroatoms. The molecule has 7 nitrogen and oxygen atoms in total. The molecule has 0 atom stereocenters. The standard InChI is InChI=1S/C5H13ClN2O5S2/c1-13-4-2-7-15(11,12)8-3-5-14(6,9)10/h7-8H,2-5H2,1H3. The summed E-state index contributed by atoms with van der Waals surface area (Å²) in [5, 5.41) is 0. The van der Waals surface area contributed by atoms with E-state index in [-0.39, 0.29) is 19.7 Å². The van der Waals surface area contributed by atoms with Crippen LogP contribution in [0.3, 0.4) is 0 Å². The Bertz CT molecular complexity index is 365. The van der Waals surface area contributed by atoms with Crippen LogP contribution >= 0.6 is 10.7 Å². The number of hydrogen-bond acceptors (Lipinski definition) is 5. The maximum atomic E-state index is 11.1. The Labute approximate surface area is 93.7 Å². The Kier molecular flexibility index (Phi) is 6.64. The topological polar surface area (TPSA) is 102 Å². The lowest BCUT2D eigenvalue weighted by Crippen LogP contribution is -2.39. The quantitative estimate of drug-likeness (QED) is 0.422. The monoisotopic (exact) mass is 280 g/mol. The minimum atomic E-state index is -3.68. The van der Waals surface area contributed by atoms with Gasteiger partial charge in [-0.25, -0.2) is 13.1 Å². The molecule has 0 bridgehead atoms. The first kappa shape index (κ1) is 15.1. The highest BCUT2D eigenvalue weighted by atomic mass is 35.7. The number of hydrogen-bond donors (Lipinski definition) is 2. The Morgan fingerprint density at radius 1 is 1.13 bits per heavy atom. The van der Waals surface area contributed by atoms with E-state index < -0.39 is 25.0 Å². The molecule has 0 rings (SSSR count). The van der Waals surface area contributed by atoms with Gasteiger partial charge in [-0.2, -0.15) is 13.1 Å². The van der Waals surface area contributed by atoms with Crippen molar-refractivity contribution in [2.24, 2.45) is 0 Å².